The molecule has 2 rings (SSSR count). The van der Waals surface area contributed by atoms with Gasteiger partial charge in [0, 0.05) is 26.5 Å². The molecule has 2 heterocycles. The lowest BCUT2D eigenvalue weighted by Gasteiger charge is -2.08. The summed E-state index contributed by atoms with van der Waals surface area (Å²) in [6.45, 7) is 1.84. The normalized spacial score (nSPS) is 10.5. The predicted molar refractivity (Wildman–Crippen MR) is 70.0 cm³/mol. The van der Waals surface area contributed by atoms with E-state index >= 15 is 0 Å². The van der Waals surface area contributed by atoms with Crippen LogP contribution in [0.15, 0.2) is 24.5 Å². The molecule has 100 valence electrons. The Morgan fingerprint density at radius 2 is 2.21 bits per heavy atom. The zero-order chi connectivity index (χ0) is 14.0. The molecule has 1 N–H and O–H groups in total. The van der Waals surface area contributed by atoms with E-state index in [4.69, 9.17) is 5.11 Å². The number of carbonyl (C=O) groups is 1. The van der Waals surface area contributed by atoms with E-state index in [0.29, 0.717) is 11.5 Å². The summed E-state index contributed by atoms with van der Waals surface area (Å²) < 4.78 is 1.56. The number of aromatic nitrogens is 3. The van der Waals surface area contributed by atoms with Crippen molar-refractivity contribution in [2.24, 2.45) is 0 Å². The molecule has 0 aromatic carbocycles. The van der Waals surface area contributed by atoms with E-state index in [0.717, 1.165) is 11.1 Å². The van der Waals surface area contributed by atoms with Gasteiger partial charge in [0.2, 0.25) is 0 Å². The van der Waals surface area contributed by atoms with Gasteiger partial charge in [-0.05, 0) is 30.2 Å². The first-order valence-electron chi connectivity index (χ1n) is 5.87. The van der Waals surface area contributed by atoms with Gasteiger partial charge in [0.1, 0.15) is 0 Å². The monoisotopic (exact) mass is 260 g/mol. The molecule has 2 aromatic heterocycles. The predicted octanol–water partition coefficient (Wildman–Crippen LogP) is 0.770. The summed E-state index contributed by atoms with van der Waals surface area (Å²) in [5.74, 6) is 0.499. The van der Waals surface area contributed by atoms with Crippen LogP contribution in [-0.2, 0) is 6.61 Å². The quantitative estimate of drug-likeness (QED) is 0.884. The van der Waals surface area contributed by atoms with Crippen molar-refractivity contribution in [3.63, 3.8) is 0 Å². The molecule has 6 heteroatoms. The fourth-order valence-corrected chi connectivity index (χ4v) is 1.74. The second-order valence-corrected chi connectivity index (χ2v) is 4.49. The number of pyridine rings is 1. The average molecular weight is 260 g/mol. The van der Waals surface area contributed by atoms with E-state index < -0.39 is 0 Å². The third-order valence-corrected chi connectivity index (χ3v) is 2.72. The highest BCUT2D eigenvalue weighted by Crippen LogP contribution is 2.13. The minimum absolute atomic E-state index is 0.0441. The van der Waals surface area contributed by atoms with Crippen molar-refractivity contribution in [2.75, 3.05) is 14.1 Å². The van der Waals surface area contributed by atoms with Crippen LogP contribution in [0.4, 0.5) is 0 Å². The average Bonchev–Trinajstić information content (AvgIpc) is 2.86. The number of hydrogen-bond acceptors (Lipinski definition) is 4. The summed E-state index contributed by atoms with van der Waals surface area (Å²) in [4.78, 5) is 17.5. The van der Waals surface area contributed by atoms with Crippen LogP contribution in [0.1, 0.15) is 21.6 Å². The molecule has 0 saturated heterocycles. The number of aliphatic hydroxyl groups excluding tert-OH is 1. The van der Waals surface area contributed by atoms with Gasteiger partial charge >= 0.3 is 0 Å². The Kier molecular flexibility index (Phi) is 3.62. The number of nitrogens with zero attached hydrogens (tertiary/aromatic N) is 4. The summed E-state index contributed by atoms with van der Waals surface area (Å²) >= 11 is 0. The summed E-state index contributed by atoms with van der Waals surface area (Å²) in [5.41, 5.74) is 2.01. The van der Waals surface area contributed by atoms with Gasteiger partial charge in [-0.2, -0.15) is 5.10 Å². The van der Waals surface area contributed by atoms with Gasteiger partial charge in [-0.25, -0.2) is 9.67 Å². The van der Waals surface area contributed by atoms with Crippen molar-refractivity contribution in [3.8, 4) is 5.82 Å². The topological polar surface area (TPSA) is 71.2 Å². The number of aliphatic hydroxyl groups is 1. The minimum atomic E-state index is -0.150. The molecule has 0 spiro atoms. The third-order valence-electron chi connectivity index (χ3n) is 2.72. The van der Waals surface area contributed by atoms with Gasteiger partial charge in [0.05, 0.1) is 6.61 Å². The summed E-state index contributed by atoms with van der Waals surface area (Å²) in [6.07, 6.45) is 3.29. The van der Waals surface area contributed by atoms with Crippen LogP contribution in [0.5, 0.6) is 0 Å². The molecule has 0 fully saturated rings. The molecule has 0 atom stereocenters. The molecule has 19 heavy (non-hydrogen) atoms. The zero-order valence-electron chi connectivity index (χ0n) is 11.2. The van der Waals surface area contributed by atoms with Crippen molar-refractivity contribution >= 4 is 5.91 Å². The first-order valence-corrected chi connectivity index (χ1v) is 5.87. The van der Waals surface area contributed by atoms with E-state index in [2.05, 4.69) is 10.1 Å². The molecular formula is C13H16N4O2. The van der Waals surface area contributed by atoms with Crippen LogP contribution >= 0.6 is 0 Å². The molecule has 2 aromatic rings. The Labute approximate surface area is 111 Å². The fraction of sp³-hybridized carbons (Fsp3) is 0.308. The highest BCUT2D eigenvalue weighted by atomic mass is 16.3. The van der Waals surface area contributed by atoms with Crippen molar-refractivity contribution in [2.45, 2.75) is 13.5 Å². The highest BCUT2D eigenvalue weighted by Gasteiger charge is 2.13. The van der Waals surface area contributed by atoms with Gasteiger partial charge in [-0.1, -0.05) is 0 Å². The highest BCUT2D eigenvalue weighted by molar-refractivity contribution is 5.91. The SMILES string of the molecule is Cc1cc(CO)cnc1-n1ccc(C(=O)N(C)C)n1. The maximum absolute atomic E-state index is 11.8. The zero-order valence-corrected chi connectivity index (χ0v) is 11.2. The lowest BCUT2D eigenvalue weighted by atomic mass is 10.2. The maximum atomic E-state index is 11.8. The van der Waals surface area contributed by atoms with E-state index in [1.54, 1.807) is 37.2 Å². The second kappa shape index (κ2) is 5.19. The lowest BCUT2D eigenvalue weighted by Crippen LogP contribution is -2.22. The molecular weight excluding hydrogens is 244 g/mol. The van der Waals surface area contributed by atoms with Crippen LogP contribution in [0, 0.1) is 6.92 Å². The van der Waals surface area contributed by atoms with Crippen molar-refractivity contribution in [1.82, 2.24) is 19.7 Å². The largest absolute Gasteiger partial charge is 0.392 e. The van der Waals surface area contributed by atoms with Crippen LogP contribution in [0.2, 0.25) is 0 Å². The third kappa shape index (κ3) is 2.63. The molecule has 0 aliphatic rings. The summed E-state index contributed by atoms with van der Waals surface area (Å²) in [6, 6.07) is 3.50. The molecule has 0 bridgehead atoms. The van der Waals surface area contributed by atoms with Crippen LogP contribution in [0.25, 0.3) is 5.82 Å². The smallest absolute Gasteiger partial charge is 0.273 e. The second-order valence-electron chi connectivity index (χ2n) is 4.49. The molecule has 6 nitrogen and oxygen atoms in total. The number of amides is 1. The van der Waals surface area contributed by atoms with Crippen LogP contribution in [0.3, 0.4) is 0 Å². The Morgan fingerprint density at radius 1 is 1.47 bits per heavy atom. The number of aryl methyl sites for hydroxylation is 1. The molecule has 0 radical (unpaired) electrons. The van der Waals surface area contributed by atoms with E-state index in [-0.39, 0.29) is 12.5 Å². The van der Waals surface area contributed by atoms with E-state index in [1.165, 1.54) is 4.90 Å². The standard InChI is InChI=1S/C13H16N4O2/c1-9-6-10(8-18)7-14-12(9)17-5-4-11(15-17)13(19)16(2)3/h4-7,18H,8H2,1-3H3. The minimum Gasteiger partial charge on any atom is -0.392 e. The lowest BCUT2D eigenvalue weighted by molar-refractivity contribution is 0.0821. The Hall–Kier alpha value is -2.21. The maximum Gasteiger partial charge on any atom is 0.273 e. The number of carbonyl (C=O) groups excluding carboxylic acids is 1. The number of rotatable bonds is 3. The van der Waals surface area contributed by atoms with Crippen molar-refractivity contribution < 1.29 is 9.90 Å². The molecule has 0 aliphatic heterocycles. The van der Waals surface area contributed by atoms with Gasteiger partial charge in [-0.3, -0.25) is 4.79 Å². The molecule has 0 aliphatic carbocycles. The van der Waals surface area contributed by atoms with Crippen molar-refractivity contribution in [1.29, 1.82) is 0 Å². The number of hydrogen-bond donors (Lipinski definition) is 1. The summed E-state index contributed by atoms with van der Waals surface area (Å²) in [5, 5.41) is 13.3. The van der Waals surface area contributed by atoms with Gasteiger partial charge in [0.25, 0.3) is 5.91 Å². The molecule has 1 amide bonds. The van der Waals surface area contributed by atoms with Gasteiger partial charge in [0.15, 0.2) is 11.5 Å². The van der Waals surface area contributed by atoms with E-state index in [1.807, 2.05) is 13.0 Å². The van der Waals surface area contributed by atoms with E-state index in [9.17, 15) is 4.79 Å². The Morgan fingerprint density at radius 3 is 2.79 bits per heavy atom. The van der Waals surface area contributed by atoms with Crippen LogP contribution < -0.4 is 0 Å². The first-order chi connectivity index (χ1) is 9.02. The molecule has 0 unspecified atom stereocenters. The first kappa shape index (κ1) is 13.2. The Balaban J connectivity index is 2.35. The van der Waals surface area contributed by atoms with Gasteiger partial charge < -0.3 is 10.0 Å². The summed E-state index contributed by atoms with van der Waals surface area (Å²) in [7, 11) is 3.36. The fourth-order valence-electron chi connectivity index (χ4n) is 1.74. The van der Waals surface area contributed by atoms with Crippen LogP contribution in [-0.4, -0.2) is 44.8 Å². The van der Waals surface area contributed by atoms with Gasteiger partial charge in [-0.15, -0.1) is 0 Å². The molecule has 0 saturated carbocycles. The van der Waals surface area contributed by atoms with Crippen molar-refractivity contribution in [3.05, 3.63) is 41.3 Å². The Bertz CT molecular complexity index is 604.